The predicted molar refractivity (Wildman–Crippen MR) is 148 cm³/mol. The number of aliphatic imine (C=N–C) groups is 3. The molecule has 0 amide bonds. The normalized spacial score (nSPS) is 7.20. The Morgan fingerprint density at radius 3 is 0.771 bits per heavy atom. The molecule has 0 fully saturated rings. The summed E-state index contributed by atoms with van der Waals surface area (Å²) in [5, 5.41) is 0. The van der Waals surface area contributed by atoms with Gasteiger partial charge in [0.05, 0.1) is 17.1 Å². The Labute approximate surface area is 211 Å². The van der Waals surface area contributed by atoms with Crippen LogP contribution in [0.15, 0.2) is 106 Å². The van der Waals surface area contributed by atoms with E-state index in [1.54, 1.807) is 36.4 Å². The molecule has 0 N–H and O–H groups in total. The van der Waals surface area contributed by atoms with Crippen LogP contribution in [0.2, 0.25) is 0 Å². The van der Waals surface area contributed by atoms with E-state index in [-0.39, 0.29) is 14.9 Å². The summed E-state index contributed by atoms with van der Waals surface area (Å²) in [7, 11) is 0. The van der Waals surface area contributed by atoms with Crippen LogP contribution in [0, 0.1) is 0 Å². The fourth-order valence-corrected chi connectivity index (χ4v) is 1.67. The van der Waals surface area contributed by atoms with E-state index in [9.17, 15) is 14.4 Å². The molecule has 0 radical (unpaired) electrons. The molecule has 3 aromatic carbocycles. The minimum absolute atomic E-state index is 0. The van der Waals surface area contributed by atoms with E-state index in [1.165, 1.54) is 31.1 Å². The lowest BCUT2D eigenvalue weighted by Gasteiger charge is -1.83. The van der Waals surface area contributed by atoms with Crippen LogP contribution in [0.25, 0.3) is 0 Å². The smallest absolute Gasteiger partial charge is 0.211 e. The molecule has 0 bridgehead atoms. The highest BCUT2D eigenvalue weighted by atomic mass is 16.1. The van der Waals surface area contributed by atoms with Crippen molar-refractivity contribution < 1.29 is 14.4 Å². The predicted octanol–water partition coefficient (Wildman–Crippen LogP) is 9.07. The first-order valence-electron chi connectivity index (χ1n) is 10.5. The van der Waals surface area contributed by atoms with Crippen molar-refractivity contribution >= 4 is 35.3 Å². The lowest BCUT2D eigenvalue weighted by Crippen LogP contribution is -1.59. The SMILES string of the molecule is C.C.CCC.CCC.O=C=Nc1ccccc1.O=C=Nc1ccccc1.O=C=Nc1ccccc1. The molecule has 0 saturated carbocycles. The van der Waals surface area contributed by atoms with E-state index >= 15 is 0 Å². The quantitative estimate of drug-likeness (QED) is 0.278. The highest BCUT2D eigenvalue weighted by Crippen LogP contribution is 2.08. The molecule has 0 aliphatic rings. The van der Waals surface area contributed by atoms with Crippen molar-refractivity contribution in [2.45, 2.75) is 55.4 Å². The van der Waals surface area contributed by atoms with E-state index in [0.717, 1.165) is 0 Å². The van der Waals surface area contributed by atoms with Gasteiger partial charge < -0.3 is 0 Å². The maximum atomic E-state index is 9.68. The van der Waals surface area contributed by atoms with Crippen molar-refractivity contribution in [3.63, 3.8) is 0 Å². The molecule has 0 spiro atoms. The summed E-state index contributed by atoms with van der Waals surface area (Å²) in [6.45, 7) is 8.50. The van der Waals surface area contributed by atoms with Crippen molar-refractivity contribution in [3.05, 3.63) is 91.0 Å². The van der Waals surface area contributed by atoms with Crippen LogP contribution in [-0.2, 0) is 14.4 Å². The Morgan fingerprint density at radius 1 is 0.457 bits per heavy atom. The van der Waals surface area contributed by atoms with E-state index in [0.29, 0.717) is 17.1 Å². The van der Waals surface area contributed by atoms with Gasteiger partial charge in [-0.05, 0) is 36.4 Å². The lowest BCUT2D eigenvalue weighted by molar-refractivity contribution is 0.564. The highest BCUT2D eigenvalue weighted by Gasteiger charge is 1.81. The number of isocyanates is 3. The molecule has 3 rings (SSSR count). The monoisotopic (exact) mass is 477 g/mol. The Bertz CT molecular complexity index is 831. The maximum absolute atomic E-state index is 9.68. The zero-order valence-corrected chi connectivity index (χ0v) is 19.6. The molecule has 0 saturated heterocycles. The first-order valence-corrected chi connectivity index (χ1v) is 10.5. The van der Waals surface area contributed by atoms with Crippen molar-refractivity contribution in [1.82, 2.24) is 0 Å². The molecule has 3 aromatic rings. The fraction of sp³-hybridized carbons (Fsp3) is 0.276. The number of para-hydroxylation sites is 3. The van der Waals surface area contributed by atoms with Gasteiger partial charge in [-0.25, -0.2) is 14.4 Å². The summed E-state index contributed by atoms with van der Waals surface area (Å²) in [6, 6.07) is 26.9. The summed E-state index contributed by atoms with van der Waals surface area (Å²) < 4.78 is 0. The summed E-state index contributed by atoms with van der Waals surface area (Å²) in [5.74, 6) is 0. The Kier molecular flexibility index (Phi) is 34.8. The average Bonchev–Trinajstić information content (AvgIpc) is 2.84. The molecule has 0 aromatic heterocycles. The third-order valence-corrected chi connectivity index (χ3v) is 2.79. The molecule has 0 aliphatic carbocycles. The summed E-state index contributed by atoms with van der Waals surface area (Å²) in [6.07, 6.45) is 6.88. The first kappa shape index (κ1) is 38.1. The van der Waals surface area contributed by atoms with Crippen LogP contribution in [0.1, 0.15) is 55.4 Å². The zero-order valence-electron chi connectivity index (χ0n) is 19.6. The third-order valence-electron chi connectivity index (χ3n) is 2.79. The molecule has 0 heterocycles. The van der Waals surface area contributed by atoms with E-state index in [2.05, 4.69) is 42.7 Å². The van der Waals surface area contributed by atoms with Gasteiger partial charge in [-0.1, -0.05) is 110 Å². The summed E-state index contributed by atoms with van der Waals surface area (Å²) >= 11 is 0. The first-order chi connectivity index (χ1) is 16.1. The standard InChI is InChI=1S/3C7H5NO.2C3H8.2CH4/c3*9-6-8-7-4-2-1-3-5-7;2*1-3-2;;/h3*1-5H;2*3H2,1-2H3;2*1H4. The largest absolute Gasteiger partial charge is 0.240 e. The van der Waals surface area contributed by atoms with Gasteiger partial charge in [-0.2, -0.15) is 15.0 Å². The van der Waals surface area contributed by atoms with E-state index in [4.69, 9.17) is 0 Å². The number of carbonyl (C=O) groups excluding carboxylic acids is 3. The zero-order chi connectivity index (χ0) is 25.0. The topological polar surface area (TPSA) is 88.3 Å². The van der Waals surface area contributed by atoms with Gasteiger partial charge in [-0.15, -0.1) is 0 Å². The number of rotatable bonds is 3. The van der Waals surface area contributed by atoms with Crippen LogP contribution >= 0.6 is 0 Å². The molecule has 35 heavy (non-hydrogen) atoms. The molecule has 0 atom stereocenters. The summed E-state index contributed by atoms with van der Waals surface area (Å²) in [5.41, 5.74) is 1.94. The molecular weight excluding hydrogens is 438 g/mol. The van der Waals surface area contributed by atoms with Gasteiger partial charge >= 0.3 is 0 Å². The van der Waals surface area contributed by atoms with Gasteiger partial charge in [0, 0.05) is 0 Å². The third kappa shape index (κ3) is 27.8. The molecule has 0 aliphatic heterocycles. The van der Waals surface area contributed by atoms with Gasteiger partial charge in [0.15, 0.2) is 0 Å². The highest BCUT2D eigenvalue weighted by molar-refractivity contribution is 5.49. The van der Waals surface area contributed by atoms with Gasteiger partial charge in [0.2, 0.25) is 18.2 Å². The average molecular weight is 478 g/mol. The number of benzene rings is 3. The number of hydrogen-bond acceptors (Lipinski definition) is 6. The molecular formula is C29H39N3O3. The second kappa shape index (κ2) is 32.0. The van der Waals surface area contributed by atoms with E-state index in [1.807, 2.05) is 54.6 Å². The number of nitrogens with zero attached hydrogens (tertiary/aromatic N) is 3. The Balaban J connectivity index is -0.000000180. The van der Waals surface area contributed by atoms with Crippen molar-refractivity contribution in [2.24, 2.45) is 15.0 Å². The maximum Gasteiger partial charge on any atom is 0.240 e. The van der Waals surface area contributed by atoms with Crippen molar-refractivity contribution in [1.29, 1.82) is 0 Å². The van der Waals surface area contributed by atoms with Crippen LogP contribution < -0.4 is 0 Å². The van der Waals surface area contributed by atoms with Crippen LogP contribution in [0.5, 0.6) is 0 Å². The second-order valence-electron chi connectivity index (χ2n) is 6.03. The number of hydrogen-bond donors (Lipinski definition) is 0. The van der Waals surface area contributed by atoms with E-state index < -0.39 is 0 Å². The minimum Gasteiger partial charge on any atom is -0.211 e. The second-order valence-corrected chi connectivity index (χ2v) is 6.03. The van der Waals surface area contributed by atoms with Crippen LogP contribution in [0.4, 0.5) is 17.1 Å². The molecule has 6 heteroatoms. The minimum atomic E-state index is 0. The van der Waals surface area contributed by atoms with Crippen molar-refractivity contribution in [2.75, 3.05) is 0 Å². The van der Waals surface area contributed by atoms with Crippen molar-refractivity contribution in [3.8, 4) is 0 Å². The van der Waals surface area contributed by atoms with Crippen LogP contribution in [-0.4, -0.2) is 18.2 Å². The summed E-state index contributed by atoms with van der Waals surface area (Å²) in [4.78, 5) is 39.3. The Morgan fingerprint density at radius 2 is 0.629 bits per heavy atom. The lowest BCUT2D eigenvalue weighted by atomic mass is 10.3. The Hall–Kier alpha value is -4.20. The van der Waals surface area contributed by atoms with Crippen LogP contribution in [0.3, 0.4) is 0 Å². The molecule has 188 valence electrons. The fourth-order valence-electron chi connectivity index (χ4n) is 1.67. The van der Waals surface area contributed by atoms with Gasteiger partial charge in [0.25, 0.3) is 0 Å². The van der Waals surface area contributed by atoms with Gasteiger partial charge in [0.1, 0.15) is 0 Å². The van der Waals surface area contributed by atoms with Gasteiger partial charge in [-0.3, -0.25) is 0 Å². The molecule has 0 unspecified atom stereocenters. The molecule has 6 nitrogen and oxygen atoms in total.